The van der Waals surface area contributed by atoms with Crippen LogP contribution in [0.2, 0.25) is 0 Å². The van der Waals surface area contributed by atoms with Gasteiger partial charge in [0, 0.05) is 30.2 Å². The van der Waals surface area contributed by atoms with Crippen LogP contribution in [0.1, 0.15) is 30.3 Å². The van der Waals surface area contributed by atoms with Crippen molar-refractivity contribution < 1.29 is 4.79 Å². The summed E-state index contributed by atoms with van der Waals surface area (Å²) in [5, 5.41) is 8.61. The molecular weight excluding hydrogens is 290 g/mol. The fourth-order valence-electron chi connectivity index (χ4n) is 3.97. The van der Waals surface area contributed by atoms with Crippen molar-refractivity contribution in [3.63, 3.8) is 0 Å². The fourth-order valence-corrected chi connectivity index (χ4v) is 3.97. The number of hydrogen-bond acceptors (Lipinski definition) is 4. The number of nitrogens with zero attached hydrogens (tertiary/aromatic N) is 3. The Morgan fingerprint density at radius 1 is 1.39 bits per heavy atom. The summed E-state index contributed by atoms with van der Waals surface area (Å²) in [6, 6.07) is 5.86. The number of hydrogen-bond donors (Lipinski definition) is 2. The molecule has 0 radical (unpaired) electrons. The van der Waals surface area contributed by atoms with Crippen LogP contribution < -0.4 is 11.1 Å². The van der Waals surface area contributed by atoms with Gasteiger partial charge in [0.2, 0.25) is 0 Å². The molecule has 3 aliphatic rings. The quantitative estimate of drug-likeness (QED) is 0.841. The van der Waals surface area contributed by atoms with Gasteiger partial charge in [-0.15, -0.1) is 0 Å². The van der Waals surface area contributed by atoms with E-state index in [4.69, 9.17) is 5.73 Å². The molecule has 1 aromatic carbocycles. The molecule has 1 amide bonds. The normalized spacial score (nSPS) is 26.6. The van der Waals surface area contributed by atoms with Crippen molar-refractivity contribution in [1.29, 1.82) is 0 Å². The Morgan fingerprint density at radius 2 is 2.17 bits per heavy atom. The highest BCUT2D eigenvalue weighted by Gasteiger charge is 2.35. The lowest BCUT2D eigenvalue weighted by Gasteiger charge is -2.44. The summed E-state index contributed by atoms with van der Waals surface area (Å²) < 4.78 is 1.84. The number of aryl methyl sites for hydroxylation is 1. The molecule has 0 aliphatic carbocycles. The zero-order valence-corrected chi connectivity index (χ0v) is 13.5. The number of anilines is 1. The minimum atomic E-state index is -0.0641. The van der Waals surface area contributed by atoms with Crippen molar-refractivity contribution >= 4 is 22.5 Å². The van der Waals surface area contributed by atoms with E-state index in [9.17, 15) is 4.79 Å². The number of nitrogen functional groups attached to an aromatic ring is 1. The molecule has 0 unspecified atom stereocenters. The van der Waals surface area contributed by atoms with Crippen LogP contribution in [0, 0.1) is 5.92 Å². The lowest BCUT2D eigenvalue weighted by Crippen LogP contribution is -2.57. The molecule has 2 bridgehead atoms. The predicted octanol–water partition coefficient (Wildman–Crippen LogP) is 1.46. The molecule has 23 heavy (non-hydrogen) atoms. The summed E-state index contributed by atoms with van der Waals surface area (Å²) in [5.41, 5.74) is 8.00. The monoisotopic (exact) mass is 313 g/mol. The van der Waals surface area contributed by atoms with Crippen molar-refractivity contribution in [3.05, 3.63) is 23.9 Å². The smallest absolute Gasteiger partial charge is 0.272 e. The average Bonchev–Trinajstić information content (AvgIpc) is 2.94. The van der Waals surface area contributed by atoms with Gasteiger partial charge in [0.15, 0.2) is 5.69 Å². The van der Waals surface area contributed by atoms with Gasteiger partial charge in [0.05, 0.1) is 5.52 Å². The molecule has 3 fully saturated rings. The van der Waals surface area contributed by atoms with Gasteiger partial charge in [-0.1, -0.05) is 0 Å². The van der Waals surface area contributed by atoms with Gasteiger partial charge < -0.3 is 16.0 Å². The van der Waals surface area contributed by atoms with E-state index in [2.05, 4.69) is 15.3 Å². The van der Waals surface area contributed by atoms with E-state index in [0.717, 1.165) is 17.4 Å². The number of nitrogens with two attached hydrogens (primary N) is 1. The molecule has 0 spiro atoms. The maximum atomic E-state index is 12.8. The number of fused-ring (bicyclic) bond motifs is 4. The Morgan fingerprint density at radius 3 is 2.83 bits per heavy atom. The topological polar surface area (TPSA) is 76.2 Å². The summed E-state index contributed by atoms with van der Waals surface area (Å²) in [4.78, 5) is 15.2. The predicted molar refractivity (Wildman–Crippen MR) is 90.2 cm³/mol. The van der Waals surface area contributed by atoms with Crippen LogP contribution in [0.4, 0.5) is 5.69 Å². The Hall–Kier alpha value is -2.08. The molecule has 1 aromatic heterocycles. The van der Waals surface area contributed by atoms with Gasteiger partial charge in [-0.25, -0.2) is 0 Å². The average molecular weight is 313 g/mol. The van der Waals surface area contributed by atoms with Gasteiger partial charge >= 0.3 is 0 Å². The first-order valence-electron chi connectivity index (χ1n) is 8.45. The van der Waals surface area contributed by atoms with E-state index >= 15 is 0 Å². The van der Waals surface area contributed by atoms with Crippen molar-refractivity contribution in [2.45, 2.75) is 32.4 Å². The minimum Gasteiger partial charge on any atom is -0.399 e. The Kier molecular flexibility index (Phi) is 3.49. The van der Waals surface area contributed by atoms with Crippen LogP contribution in [0.25, 0.3) is 10.9 Å². The maximum Gasteiger partial charge on any atom is 0.272 e. The fraction of sp³-hybridized carbons (Fsp3) is 0.529. The minimum absolute atomic E-state index is 0.0641. The number of benzene rings is 1. The van der Waals surface area contributed by atoms with Crippen molar-refractivity contribution in [3.8, 4) is 0 Å². The number of nitrogens with one attached hydrogen (secondary N) is 1. The van der Waals surface area contributed by atoms with Crippen LogP contribution >= 0.6 is 0 Å². The second-order valence-electron chi connectivity index (χ2n) is 6.66. The molecule has 3 aliphatic heterocycles. The first-order valence-corrected chi connectivity index (χ1v) is 8.45. The van der Waals surface area contributed by atoms with E-state index in [1.54, 1.807) is 0 Å². The number of amides is 1. The van der Waals surface area contributed by atoms with E-state index in [1.165, 1.54) is 25.9 Å². The molecule has 6 heteroatoms. The summed E-state index contributed by atoms with van der Waals surface area (Å²) in [7, 11) is 0. The molecule has 2 aromatic rings. The molecule has 3 saturated heterocycles. The summed E-state index contributed by atoms with van der Waals surface area (Å²) >= 11 is 0. The molecule has 0 saturated carbocycles. The molecule has 5 rings (SSSR count). The lowest BCUT2D eigenvalue weighted by molar-refractivity contribution is 0.0618. The molecule has 4 heterocycles. The standard InChI is InChI=1S/C17H23N5O/c1-2-22-15-9-12(18)3-4-13(15)16(20-22)17(23)19-14-10-21-7-5-11(14)6-8-21/h3-4,9,11,14H,2,5-8,10,18H2,1H3,(H,19,23)/t14-/m1/s1. The number of carbonyl (C=O) groups is 1. The van der Waals surface area contributed by atoms with Gasteiger partial charge in [-0.2, -0.15) is 5.10 Å². The summed E-state index contributed by atoms with van der Waals surface area (Å²) in [6.07, 6.45) is 2.37. The van der Waals surface area contributed by atoms with Gasteiger partial charge in [-0.05, 0) is 57.0 Å². The number of piperidine rings is 3. The zero-order valence-electron chi connectivity index (χ0n) is 13.5. The Balaban J connectivity index is 1.62. The maximum absolute atomic E-state index is 12.8. The first-order chi connectivity index (χ1) is 11.2. The number of aromatic nitrogens is 2. The van der Waals surface area contributed by atoms with E-state index in [-0.39, 0.29) is 11.9 Å². The van der Waals surface area contributed by atoms with Crippen molar-refractivity contribution in [1.82, 2.24) is 20.0 Å². The molecule has 122 valence electrons. The lowest BCUT2D eigenvalue weighted by atomic mass is 9.84. The largest absolute Gasteiger partial charge is 0.399 e. The highest BCUT2D eigenvalue weighted by atomic mass is 16.2. The Labute approximate surface area is 135 Å². The summed E-state index contributed by atoms with van der Waals surface area (Å²) in [5.74, 6) is 0.546. The van der Waals surface area contributed by atoms with Crippen LogP contribution in [0.5, 0.6) is 0 Å². The van der Waals surface area contributed by atoms with Crippen LogP contribution in [0.3, 0.4) is 0 Å². The zero-order chi connectivity index (χ0) is 16.0. The molecular formula is C17H23N5O. The van der Waals surface area contributed by atoms with Crippen LogP contribution in [-0.2, 0) is 6.54 Å². The first kappa shape index (κ1) is 14.5. The van der Waals surface area contributed by atoms with E-state index in [0.29, 0.717) is 23.8 Å². The third kappa shape index (κ3) is 2.47. The Bertz CT molecular complexity index is 745. The van der Waals surface area contributed by atoms with E-state index < -0.39 is 0 Å². The number of carbonyl (C=O) groups excluding carboxylic acids is 1. The highest BCUT2D eigenvalue weighted by Crippen LogP contribution is 2.28. The van der Waals surface area contributed by atoms with E-state index in [1.807, 2.05) is 29.8 Å². The second-order valence-corrected chi connectivity index (χ2v) is 6.66. The SMILES string of the molecule is CCn1nc(C(=O)N[C@@H]2CN3CCC2CC3)c2ccc(N)cc21. The number of rotatable bonds is 3. The molecule has 1 atom stereocenters. The van der Waals surface area contributed by atoms with Gasteiger partial charge in [0.25, 0.3) is 5.91 Å². The van der Waals surface area contributed by atoms with Gasteiger partial charge in [-0.3, -0.25) is 9.48 Å². The van der Waals surface area contributed by atoms with Crippen LogP contribution in [0.15, 0.2) is 18.2 Å². The third-order valence-corrected chi connectivity index (χ3v) is 5.26. The van der Waals surface area contributed by atoms with Crippen molar-refractivity contribution in [2.75, 3.05) is 25.4 Å². The van der Waals surface area contributed by atoms with Crippen LogP contribution in [-0.4, -0.2) is 46.3 Å². The van der Waals surface area contributed by atoms with Gasteiger partial charge in [0.1, 0.15) is 0 Å². The summed E-state index contributed by atoms with van der Waals surface area (Å²) in [6.45, 7) is 6.04. The third-order valence-electron chi connectivity index (χ3n) is 5.26. The highest BCUT2D eigenvalue weighted by molar-refractivity contribution is 6.05. The second kappa shape index (κ2) is 5.53. The van der Waals surface area contributed by atoms with Crippen molar-refractivity contribution in [2.24, 2.45) is 5.92 Å². The molecule has 3 N–H and O–H groups in total. The molecule has 6 nitrogen and oxygen atoms in total.